The van der Waals surface area contributed by atoms with Gasteiger partial charge in [0.15, 0.2) is 0 Å². The van der Waals surface area contributed by atoms with Crippen molar-refractivity contribution >= 4 is 11.9 Å². The summed E-state index contributed by atoms with van der Waals surface area (Å²) in [5.74, 6) is -0.328. The normalized spacial score (nSPS) is 36.5. The van der Waals surface area contributed by atoms with Crippen molar-refractivity contribution in [2.45, 2.75) is 65.0 Å². The van der Waals surface area contributed by atoms with Crippen LogP contribution in [0.2, 0.25) is 0 Å². The van der Waals surface area contributed by atoms with Gasteiger partial charge in [-0.3, -0.25) is 4.79 Å². The highest BCUT2D eigenvalue weighted by Gasteiger charge is 2.44. The molecule has 0 aromatic heterocycles. The number of esters is 1. The van der Waals surface area contributed by atoms with E-state index in [0.29, 0.717) is 19.3 Å². The monoisotopic (exact) mass is 365 g/mol. The van der Waals surface area contributed by atoms with Gasteiger partial charge in [0.1, 0.15) is 12.6 Å². The fourth-order valence-corrected chi connectivity index (χ4v) is 4.91. The summed E-state index contributed by atoms with van der Waals surface area (Å²) in [5, 5.41) is 23.1. The van der Waals surface area contributed by atoms with Crippen LogP contribution in [0.15, 0.2) is 11.1 Å². The number of nitrogens with one attached hydrogen (secondary N) is 1. The second kappa shape index (κ2) is 7.31. The Morgan fingerprint density at radius 1 is 1.38 bits per heavy atom. The number of hydrogen-bond acceptors (Lipinski definition) is 5. The van der Waals surface area contributed by atoms with Crippen molar-refractivity contribution in [3.05, 3.63) is 11.1 Å². The van der Waals surface area contributed by atoms with Gasteiger partial charge in [-0.1, -0.05) is 26.3 Å². The number of carbonyl (C=O) groups is 2. The van der Waals surface area contributed by atoms with Crippen molar-refractivity contribution in [3.63, 3.8) is 0 Å². The van der Waals surface area contributed by atoms with Crippen molar-refractivity contribution < 1.29 is 24.5 Å². The molecular weight excluding hydrogens is 334 g/mol. The molecule has 0 aromatic rings. The molecule has 2 fully saturated rings. The van der Waals surface area contributed by atoms with Crippen molar-refractivity contribution in [1.29, 1.82) is 0 Å². The van der Waals surface area contributed by atoms with Crippen LogP contribution < -0.4 is 5.32 Å². The van der Waals surface area contributed by atoms with Crippen LogP contribution >= 0.6 is 0 Å². The Morgan fingerprint density at radius 3 is 2.73 bits per heavy atom. The zero-order valence-electron chi connectivity index (χ0n) is 16.0. The van der Waals surface area contributed by atoms with Gasteiger partial charge in [0.25, 0.3) is 0 Å². The van der Waals surface area contributed by atoms with Crippen LogP contribution in [0.25, 0.3) is 0 Å². The number of hydrogen-bond donors (Lipinski definition) is 3. The van der Waals surface area contributed by atoms with Crippen molar-refractivity contribution in [2.24, 2.45) is 23.2 Å². The van der Waals surface area contributed by atoms with E-state index < -0.39 is 18.1 Å². The molecule has 1 saturated carbocycles. The van der Waals surface area contributed by atoms with E-state index >= 15 is 0 Å². The zero-order chi connectivity index (χ0) is 19.1. The molecule has 6 nitrogen and oxygen atoms in total. The topological polar surface area (TPSA) is 95.9 Å². The highest BCUT2D eigenvalue weighted by molar-refractivity contribution is 5.88. The quantitative estimate of drug-likeness (QED) is 0.519. The third-order valence-electron chi connectivity index (χ3n) is 6.43. The molecule has 5 unspecified atom stereocenters. The van der Waals surface area contributed by atoms with Crippen LogP contribution in [0.3, 0.4) is 0 Å². The Morgan fingerprint density at radius 2 is 2.12 bits per heavy atom. The van der Waals surface area contributed by atoms with Crippen LogP contribution in [0, 0.1) is 23.2 Å². The molecule has 1 saturated heterocycles. The predicted molar refractivity (Wildman–Crippen MR) is 96.0 cm³/mol. The van der Waals surface area contributed by atoms with Gasteiger partial charge >= 0.3 is 5.97 Å². The van der Waals surface area contributed by atoms with E-state index in [4.69, 9.17) is 4.74 Å². The molecule has 3 N–H and O–H groups in total. The van der Waals surface area contributed by atoms with Crippen LogP contribution in [0.4, 0.5) is 0 Å². The van der Waals surface area contributed by atoms with E-state index in [1.54, 1.807) is 0 Å². The van der Waals surface area contributed by atoms with Gasteiger partial charge < -0.3 is 20.3 Å². The highest BCUT2D eigenvalue weighted by Crippen LogP contribution is 2.52. The van der Waals surface area contributed by atoms with Gasteiger partial charge in [0, 0.05) is 18.9 Å². The molecule has 3 aliphatic rings. The lowest BCUT2D eigenvalue weighted by Crippen LogP contribution is -2.35. The molecule has 146 valence electrons. The molecule has 1 aliphatic heterocycles. The van der Waals surface area contributed by atoms with Crippen molar-refractivity contribution in [3.8, 4) is 0 Å². The fraction of sp³-hybridized carbons (Fsp3) is 0.800. The molecule has 0 radical (unpaired) electrons. The van der Waals surface area contributed by atoms with Gasteiger partial charge in [0.05, 0.1) is 6.10 Å². The second-order valence-electron chi connectivity index (χ2n) is 9.01. The number of allylic oxidation sites excluding steroid dienone is 1. The summed E-state index contributed by atoms with van der Waals surface area (Å²) in [7, 11) is 0. The summed E-state index contributed by atoms with van der Waals surface area (Å²) in [6.45, 7) is 6.60. The third-order valence-corrected chi connectivity index (χ3v) is 6.43. The van der Waals surface area contributed by atoms with Crippen molar-refractivity contribution in [2.75, 3.05) is 13.2 Å². The largest absolute Gasteiger partial charge is 0.460 e. The first-order valence-electron chi connectivity index (χ1n) is 9.68. The third kappa shape index (κ3) is 3.81. The first-order chi connectivity index (χ1) is 12.2. The predicted octanol–water partition coefficient (Wildman–Crippen LogP) is 1.55. The molecule has 2 aliphatic carbocycles. The van der Waals surface area contributed by atoms with E-state index in [2.05, 4.69) is 26.1 Å². The Hall–Kier alpha value is -1.40. The van der Waals surface area contributed by atoms with Gasteiger partial charge in [-0.15, -0.1) is 0 Å². The van der Waals surface area contributed by atoms with Gasteiger partial charge in [0.2, 0.25) is 5.91 Å². The summed E-state index contributed by atoms with van der Waals surface area (Å²) in [4.78, 5) is 23.6. The van der Waals surface area contributed by atoms with Crippen molar-refractivity contribution in [1.82, 2.24) is 5.32 Å². The standard InChI is InChI=1S/C20H31NO5/c1-11-13-7-20(2,3)8-14(13)15(12(9-22)6-17(11)23)10-26-19(25)16-4-5-18(24)21-16/h11-13,16-17,22-23H,4-10H2,1-3H3,(H,21,24). The highest BCUT2D eigenvalue weighted by atomic mass is 16.5. The number of fused-ring (bicyclic) bond motifs is 1. The summed E-state index contributed by atoms with van der Waals surface area (Å²) >= 11 is 0. The first-order valence-corrected chi connectivity index (χ1v) is 9.68. The minimum atomic E-state index is -0.563. The Labute approximate surface area is 155 Å². The smallest absolute Gasteiger partial charge is 0.328 e. The summed E-state index contributed by atoms with van der Waals surface area (Å²) < 4.78 is 5.54. The average Bonchev–Trinajstić information content (AvgIpc) is 3.13. The number of ether oxygens (including phenoxy) is 1. The molecule has 26 heavy (non-hydrogen) atoms. The Kier molecular flexibility index (Phi) is 5.45. The SMILES string of the molecule is CC1C(O)CC(CO)C(COC(=O)C2CCC(=O)N2)=C2CC(C)(C)CC21. The maximum Gasteiger partial charge on any atom is 0.328 e. The van der Waals surface area contributed by atoms with E-state index in [1.165, 1.54) is 5.57 Å². The Balaban J connectivity index is 1.81. The molecule has 0 bridgehead atoms. The average molecular weight is 365 g/mol. The molecule has 1 amide bonds. The zero-order valence-corrected chi connectivity index (χ0v) is 16.0. The molecule has 1 heterocycles. The van der Waals surface area contributed by atoms with E-state index in [-0.39, 0.29) is 42.3 Å². The Bertz CT molecular complexity index is 611. The van der Waals surface area contributed by atoms with Crippen LogP contribution in [0.1, 0.15) is 52.9 Å². The van der Waals surface area contributed by atoms with E-state index in [9.17, 15) is 19.8 Å². The lowest BCUT2D eigenvalue weighted by Gasteiger charge is -2.25. The van der Waals surface area contributed by atoms with Crippen LogP contribution in [-0.4, -0.2) is 47.4 Å². The van der Waals surface area contributed by atoms with Crippen LogP contribution in [-0.2, 0) is 14.3 Å². The number of aliphatic hydroxyl groups is 2. The van der Waals surface area contributed by atoms with Crippen LogP contribution in [0.5, 0.6) is 0 Å². The molecule has 5 atom stereocenters. The van der Waals surface area contributed by atoms with Gasteiger partial charge in [-0.25, -0.2) is 4.79 Å². The van der Waals surface area contributed by atoms with E-state index in [1.807, 2.05) is 0 Å². The number of aliphatic hydroxyl groups excluding tert-OH is 2. The minimum Gasteiger partial charge on any atom is -0.460 e. The number of carbonyl (C=O) groups excluding carboxylic acids is 2. The summed E-state index contributed by atoms with van der Waals surface area (Å²) in [6.07, 6.45) is 2.74. The maximum atomic E-state index is 12.3. The lowest BCUT2D eigenvalue weighted by atomic mass is 9.83. The molecular formula is C20H31NO5. The van der Waals surface area contributed by atoms with Gasteiger partial charge in [-0.2, -0.15) is 0 Å². The first kappa shape index (κ1) is 19.4. The fourth-order valence-electron chi connectivity index (χ4n) is 4.91. The lowest BCUT2D eigenvalue weighted by molar-refractivity contribution is -0.145. The molecule has 0 spiro atoms. The number of rotatable bonds is 4. The maximum absolute atomic E-state index is 12.3. The summed E-state index contributed by atoms with van der Waals surface area (Å²) in [5.41, 5.74) is 2.37. The molecule has 3 rings (SSSR count). The minimum absolute atomic E-state index is 0.0620. The second-order valence-corrected chi connectivity index (χ2v) is 9.01. The summed E-state index contributed by atoms with van der Waals surface area (Å²) in [6, 6.07) is -0.563. The van der Waals surface area contributed by atoms with Gasteiger partial charge in [-0.05, 0) is 48.5 Å². The molecule has 0 aromatic carbocycles. The molecule has 6 heteroatoms. The van der Waals surface area contributed by atoms with E-state index in [0.717, 1.165) is 18.4 Å². The number of amides is 1.